The van der Waals surface area contributed by atoms with Crippen LogP contribution in [0.4, 0.5) is 5.82 Å². The molecule has 0 saturated carbocycles. The van der Waals surface area contributed by atoms with Crippen molar-refractivity contribution in [3.05, 3.63) is 95.8 Å². The highest BCUT2D eigenvalue weighted by molar-refractivity contribution is 7.89. The van der Waals surface area contributed by atoms with E-state index in [1.54, 1.807) is 30.6 Å². The summed E-state index contributed by atoms with van der Waals surface area (Å²) < 4.78 is 29.6. The molecule has 0 aliphatic heterocycles. The lowest BCUT2D eigenvalue weighted by molar-refractivity contribution is 0.581. The highest BCUT2D eigenvalue weighted by Crippen LogP contribution is 2.30. The Morgan fingerprint density at radius 3 is 2.35 bits per heavy atom. The summed E-state index contributed by atoms with van der Waals surface area (Å²) in [5.74, 6) is 0.989. The molecule has 0 bridgehead atoms. The average molecular weight is 491 g/mol. The molecule has 170 valence electrons. The number of hydrogen-bond acceptors (Lipinski definition) is 6. The van der Waals surface area contributed by atoms with Crippen LogP contribution >= 0.6 is 11.6 Å². The minimum absolute atomic E-state index is 0.135. The maximum atomic E-state index is 12.6. The average Bonchev–Trinajstić information content (AvgIpc) is 3.23. The van der Waals surface area contributed by atoms with Gasteiger partial charge in [0.25, 0.3) is 0 Å². The van der Waals surface area contributed by atoms with Crippen LogP contribution in [0.3, 0.4) is 0 Å². The Morgan fingerprint density at radius 2 is 1.62 bits per heavy atom. The largest absolute Gasteiger partial charge is 0.383 e. The van der Waals surface area contributed by atoms with E-state index >= 15 is 0 Å². The first kappa shape index (κ1) is 22.0. The van der Waals surface area contributed by atoms with Crippen molar-refractivity contribution in [2.45, 2.75) is 11.4 Å². The predicted octanol–water partition coefficient (Wildman–Crippen LogP) is 4.20. The van der Waals surface area contributed by atoms with E-state index in [9.17, 15) is 8.42 Å². The van der Waals surface area contributed by atoms with Gasteiger partial charge in [0, 0.05) is 29.6 Å². The maximum absolute atomic E-state index is 12.6. The highest BCUT2D eigenvalue weighted by atomic mass is 35.5. The van der Waals surface area contributed by atoms with Crippen molar-refractivity contribution < 1.29 is 8.42 Å². The topological polar surface area (TPSA) is 116 Å². The smallest absolute Gasteiger partial charge is 0.240 e. The van der Waals surface area contributed by atoms with Crippen molar-refractivity contribution in [2.24, 2.45) is 0 Å². The van der Waals surface area contributed by atoms with Gasteiger partial charge in [-0.2, -0.15) is 0 Å². The number of nitrogen functional groups attached to an aromatic ring is 1. The quantitative estimate of drug-likeness (QED) is 0.368. The third kappa shape index (κ3) is 4.24. The fourth-order valence-corrected chi connectivity index (χ4v) is 4.73. The van der Waals surface area contributed by atoms with E-state index < -0.39 is 10.0 Å². The van der Waals surface area contributed by atoms with Crippen LogP contribution in [0.15, 0.2) is 90.1 Å². The van der Waals surface area contributed by atoms with Crippen LogP contribution in [0.1, 0.15) is 5.56 Å². The highest BCUT2D eigenvalue weighted by Gasteiger charge is 2.18. The first-order chi connectivity index (χ1) is 16.4. The fraction of sp³-hybridized carbons (Fsp3) is 0.0417. The molecule has 8 nitrogen and oxygen atoms in total. The van der Waals surface area contributed by atoms with Crippen LogP contribution in [-0.2, 0) is 16.6 Å². The number of nitrogens with zero attached hydrogens (tertiary/aromatic N) is 4. The second kappa shape index (κ2) is 8.86. The van der Waals surface area contributed by atoms with E-state index in [-0.39, 0.29) is 11.4 Å². The summed E-state index contributed by atoms with van der Waals surface area (Å²) in [6.45, 7) is 0.135. The number of nitrogens with one attached hydrogen (secondary N) is 1. The number of sulfonamides is 1. The molecule has 3 N–H and O–H groups in total. The SMILES string of the molecule is Nc1ncccc1-c1nc2cccnc2n1-c1ccc(CNS(=O)(=O)c2ccc(Cl)cc2)cc1. The van der Waals surface area contributed by atoms with E-state index in [0.717, 1.165) is 16.8 Å². The lowest BCUT2D eigenvalue weighted by Crippen LogP contribution is -2.23. The van der Waals surface area contributed by atoms with E-state index in [1.807, 2.05) is 47.0 Å². The number of imidazole rings is 1. The van der Waals surface area contributed by atoms with Gasteiger partial charge >= 0.3 is 0 Å². The van der Waals surface area contributed by atoms with E-state index in [2.05, 4.69) is 14.7 Å². The Bertz CT molecular complexity index is 1580. The number of hydrogen-bond donors (Lipinski definition) is 2. The molecule has 0 saturated heterocycles. The molecule has 0 amide bonds. The molecular formula is C24H19ClN6O2S. The van der Waals surface area contributed by atoms with Crippen molar-refractivity contribution in [2.75, 3.05) is 5.73 Å². The molecular weight excluding hydrogens is 472 g/mol. The Morgan fingerprint density at radius 1 is 0.912 bits per heavy atom. The first-order valence-electron chi connectivity index (χ1n) is 10.3. The zero-order valence-electron chi connectivity index (χ0n) is 17.8. The lowest BCUT2D eigenvalue weighted by Gasteiger charge is -2.11. The number of aromatic nitrogens is 4. The van der Waals surface area contributed by atoms with E-state index in [0.29, 0.717) is 27.9 Å². The number of rotatable bonds is 6. The van der Waals surface area contributed by atoms with Gasteiger partial charge in [0.05, 0.1) is 10.5 Å². The molecule has 34 heavy (non-hydrogen) atoms. The molecule has 0 radical (unpaired) electrons. The third-order valence-corrected chi connectivity index (χ3v) is 6.95. The number of pyridine rings is 2. The Balaban J connectivity index is 1.46. The third-order valence-electron chi connectivity index (χ3n) is 5.28. The van der Waals surface area contributed by atoms with Crippen LogP contribution in [0, 0.1) is 0 Å². The molecule has 3 heterocycles. The second-order valence-corrected chi connectivity index (χ2v) is 9.70. The Labute approximate surface area is 201 Å². The molecule has 5 rings (SSSR count). The number of fused-ring (bicyclic) bond motifs is 1. The predicted molar refractivity (Wildman–Crippen MR) is 132 cm³/mol. The Kier molecular flexibility index (Phi) is 5.74. The summed E-state index contributed by atoms with van der Waals surface area (Å²) in [6, 6.07) is 20.9. The van der Waals surface area contributed by atoms with Gasteiger partial charge in [0.15, 0.2) is 11.5 Å². The van der Waals surface area contributed by atoms with Gasteiger partial charge in [0.1, 0.15) is 11.3 Å². The molecule has 0 spiro atoms. The standard InChI is InChI=1S/C24H19ClN6O2S/c25-17-7-11-19(12-8-17)34(32,33)29-15-16-5-9-18(10-6-16)31-23(20-3-1-13-27-22(20)26)30-21-4-2-14-28-24(21)31/h1-14,29H,15H2,(H2,26,27). The molecule has 0 aliphatic carbocycles. The zero-order chi connectivity index (χ0) is 23.7. The van der Waals surface area contributed by atoms with E-state index in [4.69, 9.17) is 22.3 Å². The minimum atomic E-state index is -3.66. The van der Waals surface area contributed by atoms with Crippen LogP contribution in [0.25, 0.3) is 28.2 Å². The zero-order valence-corrected chi connectivity index (χ0v) is 19.3. The minimum Gasteiger partial charge on any atom is -0.383 e. The number of benzene rings is 2. The van der Waals surface area contributed by atoms with Gasteiger partial charge in [-0.3, -0.25) is 4.57 Å². The summed E-state index contributed by atoms with van der Waals surface area (Å²) in [4.78, 5) is 13.6. The first-order valence-corrected chi connectivity index (χ1v) is 12.2. The molecule has 0 fully saturated rings. The van der Waals surface area contributed by atoms with Gasteiger partial charge in [-0.15, -0.1) is 0 Å². The molecule has 2 aromatic carbocycles. The summed E-state index contributed by atoms with van der Waals surface area (Å²) in [7, 11) is -3.66. The Hall–Kier alpha value is -3.79. The molecule has 3 aromatic heterocycles. The van der Waals surface area contributed by atoms with E-state index in [1.165, 1.54) is 12.1 Å². The van der Waals surface area contributed by atoms with Crippen LogP contribution in [-0.4, -0.2) is 27.9 Å². The van der Waals surface area contributed by atoms with Gasteiger partial charge < -0.3 is 5.73 Å². The maximum Gasteiger partial charge on any atom is 0.240 e. The fourth-order valence-electron chi connectivity index (χ4n) is 3.58. The van der Waals surface area contributed by atoms with Gasteiger partial charge in [-0.25, -0.2) is 28.1 Å². The summed E-state index contributed by atoms with van der Waals surface area (Å²) in [5.41, 5.74) is 9.82. The molecule has 0 unspecified atom stereocenters. The molecule has 10 heteroatoms. The summed E-state index contributed by atoms with van der Waals surface area (Å²) in [6.07, 6.45) is 3.33. The number of halogens is 1. The second-order valence-electron chi connectivity index (χ2n) is 7.50. The monoisotopic (exact) mass is 490 g/mol. The van der Waals surface area contributed by atoms with Crippen molar-refractivity contribution in [1.82, 2.24) is 24.2 Å². The molecule has 0 aliphatic rings. The van der Waals surface area contributed by atoms with Crippen molar-refractivity contribution >= 4 is 38.6 Å². The number of anilines is 1. The normalized spacial score (nSPS) is 11.7. The van der Waals surface area contributed by atoms with Gasteiger partial charge in [-0.05, 0) is 66.2 Å². The van der Waals surface area contributed by atoms with Crippen molar-refractivity contribution in [3.63, 3.8) is 0 Å². The lowest BCUT2D eigenvalue weighted by atomic mass is 10.2. The van der Waals surface area contributed by atoms with Crippen LogP contribution < -0.4 is 10.5 Å². The summed E-state index contributed by atoms with van der Waals surface area (Å²) in [5, 5.41) is 0.475. The summed E-state index contributed by atoms with van der Waals surface area (Å²) >= 11 is 5.85. The van der Waals surface area contributed by atoms with Crippen LogP contribution in [0.2, 0.25) is 5.02 Å². The molecule has 5 aromatic rings. The van der Waals surface area contributed by atoms with Gasteiger partial charge in [-0.1, -0.05) is 23.7 Å². The number of nitrogens with two attached hydrogens (primary N) is 1. The van der Waals surface area contributed by atoms with Crippen molar-refractivity contribution in [3.8, 4) is 17.1 Å². The van der Waals surface area contributed by atoms with Crippen molar-refractivity contribution in [1.29, 1.82) is 0 Å². The van der Waals surface area contributed by atoms with Crippen LogP contribution in [0.5, 0.6) is 0 Å². The molecule has 0 atom stereocenters. The van der Waals surface area contributed by atoms with Gasteiger partial charge in [0.2, 0.25) is 10.0 Å².